The molecule has 1 rings (SSSR count). The van der Waals surface area contributed by atoms with Crippen molar-refractivity contribution in [1.29, 1.82) is 0 Å². The summed E-state index contributed by atoms with van der Waals surface area (Å²) in [4.78, 5) is 0. The molecule has 0 fully saturated rings. The van der Waals surface area contributed by atoms with Crippen LogP contribution in [0.5, 0.6) is 0 Å². The number of rotatable bonds is 0. The Morgan fingerprint density at radius 3 is 1.27 bits per heavy atom. The van der Waals surface area contributed by atoms with Crippen molar-refractivity contribution in [2.45, 2.75) is 32.1 Å². The summed E-state index contributed by atoms with van der Waals surface area (Å²) in [5.41, 5.74) is 0. The Kier molecular flexibility index (Phi) is 4.51. The van der Waals surface area contributed by atoms with Gasteiger partial charge in [-0.2, -0.15) is 0 Å². The lowest BCUT2D eigenvalue weighted by Gasteiger charge is -1.85. The van der Waals surface area contributed by atoms with E-state index in [2.05, 4.69) is 36.5 Å². The van der Waals surface area contributed by atoms with E-state index in [4.69, 9.17) is 0 Å². The molecule has 0 radical (unpaired) electrons. The minimum atomic E-state index is 1.11. The van der Waals surface area contributed by atoms with Gasteiger partial charge in [0.1, 0.15) is 0 Å². The maximum absolute atomic E-state index is 2.28. The summed E-state index contributed by atoms with van der Waals surface area (Å²) in [5.74, 6) is 0. The minimum absolute atomic E-state index is 1.11. The monoisotopic (exact) mass is 148 g/mol. The van der Waals surface area contributed by atoms with Gasteiger partial charge in [0.05, 0.1) is 0 Å². The van der Waals surface area contributed by atoms with Gasteiger partial charge >= 0.3 is 0 Å². The fourth-order valence-electron chi connectivity index (χ4n) is 1.13. The summed E-state index contributed by atoms with van der Waals surface area (Å²) in [5, 5.41) is 0. The molecular weight excluding hydrogens is 132 g/mol. The van der Waals surface area contributed by atoms with Crippen LogP contribution in [0.1, 0.15) is 32.1 Å². The first kappa shape index (κ1) is 8.32. The van der Waals surface area contributed by atoms with Crippen LogP contribution in [0, 0.1) is 0 Å². The van der Waals surface area contributed by atoms with E-state index in [0.717, 1.165) is 6.42 Å². The Morgan fingerprint density at radius 1 is 0.455 bits per heavy atom. The molecule has 0 unspecified atom stereocenters. The van der Waals surface area contributed by atoms with Crippen LogP contribution in [0.15, 0.2) is 36.5 Å². The third kappa shape index (κ3) is 4.60. The van der Waals surface area contributed by atoms with E-state index in [1.54, 1.807) is 0 Å². The molecule has 0 aromatic heterocycles. The molecule has 1 aliphatic carbocycles. The van der Waals surface area contributed by atoms with Gasteiger partial charge in [0, 0.05) is 0 Å². The van der Waals surface area contributed by atoms with Crippen LogP contribution in [0.2, 0.25) is 0 Å². The second-order valence-corrected chi connectivity index (χ2v) is 2.80. The smallest absolute Gasteiger partial charge is 0.0169 e. The van der Waals surface area contributed by atoms with Crippen LogP contribution in [0.3, 0.4) is 0 Å². The van der Waals surface area contributed by atoms with E-state index < -0.39 is 0 Å². The van der Waals surface area contributed by atoms with Crippen molar-refractivity contribution in [2.75, 3.05) is 0 Å². The molecule has 11 heavy (non-hydrogen) atoms. The van der Waals surface area contributed by atoms with E-state index >= 15 is 0 Å². The Labute approximate surface area is 69.3 Å². The zero-order valence-corrected chi connectivity index (χ0v) is 7.00. The van der Waals surface area contributed by atoms with Crippen LogP contribution in [-0.2, 0) is 0 Å². The molecule has 0 bridgehead atoms. The lowest BCUT2D eigenvalue weighted by molar-refractivity contribution is 1.01. The van der Waals surface area contributed by atoms with Crippen molar-refractivity contribution in [3.05, 3.63) is 36.5 Å². The van der Waals surface area contributed by atoms with Gasteiger partial charge < -0.3 is 0 Å². The predicted octanol–water partition coefficient (Wildman–Crippen LogP) is 3.62. The molecule has 0 atom stereocenters. The fraction of sp³-hybridized carbons (Fsp3) is 0.455. The largest absolute Gasteiger partial charge is 0.0882 e. The van der Waals surface area contributed by atoms with E-state index in [-0.39, 0.29) is 0 Å². The summed E-state index contributed by atoms with van der Waals surface area (Å²) in [7, 11) is 0. The van der Waals surface area contributed by atoms with Crippen molar-refractivity contribution in [3.63, 3.8) is 0 Å². The zero-order valence-electron chi connectivity index (χ0n) is 7.00. The first-order chi connectivity index (χ1) is 5.50. The van der Waals surface area contributed by atoms with Crippen molar-refractivity contribution in [2.24, 2.45) is 0 Å². The van der Waals surface area contributed by atoms with Gasteiger partial charge in [0.2, 0.25) is 0 Å². The molecule has 0 heteroatoms. The van der Waals surface area contributed by atoms with E-state index in [9.17, 15) is 0 Å². The van der Waals surface area contributed by atoms with Crippen LogP contribution in [0.25, 0.3) is 0 Å². The normalized spacial score (nSPS) is 25.5. The first-order valence-corrected chi connectivity index (χ1v) is 4.45. The highest BCUT2D eigenvalue weighted by molar-refractivity contribution is 4.96. The van der Waals surface area contributed by atoms with Crippen LogP contribution in [0.4, 0.5) is 0 Å². The minimum Gasteiger partial charge on any atom is -0.0882 e. The number of hydrogen-bond donors (Lipinski definition) is 0. The highest BCUT2D eigenvalue weighted by Crippen LogP contribution is 2.01. The fourth-order valence-corrected chi connectivity index (χ4v) is 1.13. The zero-order chi connectivity index (χ0) is 7.78. The second kappa shape index (κ2) is 5.96. The molecule has 0 heterocycles. The molecule has 0 aromatic rings. The van der Waals surface area contributed by atoms with Gasteiger partial charge in [-0.15, -0.1) is 0 Å². The van der Waals surface area contributed by atoms with Crippen molar-refractivity contribution < 1.29 is 0 Å². The standard InChI is InChI=1S/C11H16/c1-2-4-6-8-10-11-9-7-5-3-1/h1-2,5,7-8,10H,3-4,6,9,11H2/b2-1-,7-5?,10-8+. The van der Waals surface area contributed by atoms with Gasteiger partial charge in [0.15, 0.2) is 0 Å². The average molecular weight is 148 g/mol. The highest BCUT2D eigenvalue weighted by atomic mass is 13.9. The Bertz CT molecular complexity index is 143. The van der Waals surface area contributed by atoms with Gasteiger partial charge in [0.25, 0.3) is 0 Å². The Balaban J connectivity index is 2.34. The molecule has 0 saturated heterocycles. The van der Waals surface area contributed by atoms with Gasteiger partial charge in [-0.3, -0.25) is 0 Å². The Morgan fingerprint density at radius 2 is 0.818 bits per heavy atom. The quantitative estimate of drug-likeness (QED) is 0.460. The summed E-state index contributed by atoms with van der Waals surface area (Å²) >= 11 is 0. The predicted molar refractivity (Wildman–Crippen MR) is 50.5 cm³/mol. The van der Waals surface area contributed by atoms with Crippen molar-refractivity contribution in [3.8, 4) is 0 Å². The molecule has 60 valence electrons. The van der Waals surface area contributed by atoms with Gasteiger partial charge in [-0.05, 0) is 32.1 Å². The Hall–Kier alpha value is -0.780. The molecular formula is C11H16. The van der Waals surface area contributed by atoms with Crippen LogP contribution in [-0.4, -0.2) is 0 Å². The SMILES string of the molecule is C1=CCC/C=C/CC/C=C\C1. The average Bonchev–Trinajstić information content (AvgIpc) is 2.08. The third-order valence-electron chi connectivity index (χ3n) is 1.77. The molecule has 0 aliphatic heterocycles. The maximum atomic E-state index is 2.28. The maximum Gasteiger partial charge on any atom is -0.0169 e. The van der Waals surface area contributed by atoms with Crippen molar-refractivity contribution >= 4 is 0 Å². The molecule has 0 saturated carbocycles. The molecule has 0 aromatic carbocycles. The molecule has 0 N–H and O–H groups in total. The topological polar surface area (TPSA) is 0 Å². The van der Waals surface area contributed by atoms with Gasteiger partial charge in [-0.1, -0.05) is 36.5 Å². The molecule has 0 nitrogen and oxygen atoms in total. The van der Waals surface area contributed by atoms with E-state index in [1.807, 2.05) is 0 Å². The van der Waals surface area contributed by atoms with Gasteiger partial charge in [-0.25, -0.2) is 0 Å². The lowest BCUT2D eigenvalue weighted by Crippen LogP contribution is -1.65. The summed E-state index contributed by atoms with van der Waals surface area (Å²) < 4.78 is 0. The first-order valence-electron chi connectivity index (χ1n) is 4.45. The summed E-state index contributed by atoms with van der Waals surface area (Å²) in [6.45, 7) is 0. The molecule has 0 amide bonds. The number of hydrogen-bond acceptors (Lipinski definition) is 0. The molecule has 0 spiro atoms. The lowest BCUT2D eigenvalue weighted by atomic mass is 10.2. The summed E-state index contributed by atoms with van der Waals surface area (Å²) in [6.07, 6.45) is 19.5. The van der Waals surface area contributed by atoms with Crippen molar-refractivity contribution in [1.82, 2.24) is 0 Å². The number of allylic oxidation sites excluding steroid dienone is 6. The third-order valence-corrected chi connectivity index (χ3v) is 1.77. The van der Waals surface area contributed by atoms with E-state index in [1.165, 1.54) is 25.7 Å². The van der Waals surface area contributed by atoms with Crippen LogP contribution < -0.4 is 0 Å². The molecule has 1 aliphatic rings. The second-order valence-electron chi connectivity index (χ2n) is 2.80. The van der Waals surface area contributed by atoms with E-state index in [0.29, 0.717) is 0 Å². The highest BCUT2D eigenvalue weighted by Gasteiger charge is 1.80. The van der Waals surface area contributed by atoms with Crippen LogP contribution >= 0.6 is 0 Å². The summed E-state index contributed by atoms with van der Waals surface area (Å²) in [6, 6.07) is 0.